The molecule has 10 heteroatoms. The smallest absolute Gasteiger partial charge is 0.311 e. The second-order valence-electron chi connectivity index (χ2n) is 6.34. The van der Waals surface area contributed by atoms with E-state index in [0.717, 1.165) is 0 Å². The summed E-state index contributed by atoms with van der Waals surface area (Å²) in [5.74, 6) is -2.82. The van der Waals surface area contributed by atoms with Crippen molar-refractivity contribution >= 4 is 34.8 Å². The molecule has 0 aromatic heterocycles. The summed E-state index contributed by atoms with van der Waals surface area (Å²) in [6.45, 7) is -0.493. The number of carbonyl (C=O) groups is 3. The SMILES string of the molecule is O=C(COC(=O)[C@H]1CC(=O)N(c2ccc([N+](=O)[O-])cc2)C1)Nc1ccc(F)cc1. The van der Waals surface area contributed by atoms with E-state index in [1.54, 1.807) is 0 Å². The highest BCUT2D eigenvalue weighted by Crippen LogP contribution is 2.27. The molecule has 2 aromatic carbocycles. The maximum atomic E-state index is 12.8. The van der Waals surface area contributed by atoms with E-state index in [9.17, 15) is 28.9 Å². The first-order valence-electron chi connectivity index (χ1n) is 8.60. The van der Waals surface area contributed by atoms with E-state index in [0.29, 0.717) is 11.4 Å². The van der Waals surface area contributed by atoms with Crippen LogP contribution in [0.25, 0.3) is 0 Å². The number of nitro benzene ring substituents is 1. The van der Waals surface area contributed by atoms with Gasteiger partial charge in [-0.05, 0) is 36.4 Å². The maximum absolute atomic E-state index is 12.8. The third-order valence-corrected chi connectivity index (χ3v) is 4.30. The number of amides is 2. The number of hydrogen-bond acceptors (Lipinski definition) is 6. The van der Waals surface area contributed by atoms with Crippen LogP contribution in [0.5, 0.6) is 0 Å². The number of hydrogen-bond donors (Lipinski definition) is 1. The number of benzene rings is 2. The number of nitrogens with zero attached hydrogens (tertiary/aromatic N) is 2. The molecule has 1 aliphatic rings. The van der Waals surface area contributed by atoms with Crippen molar-refractivity contribution in [3.63, 3.8) is 0 Å². The van der Waals surface area contributed by atoms with Crippen molar-refractivity contribution in [1.82, 2.24) is 0 Å². The minimum absolute atomic E-state index is 0.0507. The number of carbonyl (C=O) groups excluding carboxylic acids is 3. The molecule has 1 atom stereocenters. The zero-order valence-electron chi connectivity index (χ0n) is 15.0. The van der Waals surface area contributed by atoms with Crippen LogP contribution in [0.4, 0.5) is 21.5 Å². The topological polar surface area (TPSA) is 119 Å². The monoisotopic (exact) mass is 401 g/mol. The molecule has 2 amide bonds. The summed E-state index contributed by atoms with van der Waals surface area (Å²) >= 11 is 0. The van der Waals surface area contributed by atoms with Gasteiger partial charge in [0.15, 0.2) is 6.61 Å². The highest BCUT2D eigenvalue weighted by Gasteiger charge is 2.36. The second-order valence-corrected chi connectivity index (χ2v) is 6.34. The van der Waals surface area contributed by atoms with Gasteiger partial charge in [0.1, 0.15) is 5.82 Å². The zero-order chi connectivity index (χ0) is 21.0. The first-order chi connectivity index (χ1) is 13.8. The Morgan fingerprint density at radius 1 is 1.17 bits per heavy atom. The fourth-order valence-corrected chi connectivity index (χ4v) is 2.85. The van der Waals surface area contributed by atoms with Gasteiger partial charge in [-0.15, -0.1) is 0 Å². The Morgan fingerprint density at radius 3 is 2.45 bits per heavy atom. The molecule has 0 saturated carbocycles. The molecule has 2 aromatic rings. The highest BCUT2D eigenvalue weighted by atomic mass is 19.1. The number of anilines is 2. The normalized spacial score (nSPS) is 15.8. The lowest BCUT2D eigenvalue weighted by atomic mass is 10.1. The third kappa shape index (κ3) is 4.92. The molecule has 150 valence electrons. The number of esters is 1. The van der Waals surface area contributed by atoms with E-state index in [1.807, 2.05) is 0 Å². The van der Waals surface area contributed by atoms with Gasteiger partial charge in [0.2, 0.25) is 5.91 Å². The van der Waals surface area contributed by atoms with E-state index < -0.39 is 35.1 Å². The van der Waals surface area contributed by atoms with E-state index in [2.05, 4.69) is 5.32 Å². The molecule has 1 saturated heterocycles. The van der Waals surface area contributed by atoms with Crippen molar-refractivity contribution in [2.45, 2.75) is 6.42 Å². The number of halogens is 1. The highest BCUT2D eigenvalue weighted by molar-refractivity contribution is 6.00. The van der Waals surface area contributed by atoms with Crippen LogP contribution in [-0.2, 0) is 19.1 Å². The van der Waals surface area contributed by atoms with Gasteiger partial charge in [0, 0.05) is 36.5 Å². The van der Waals surface area contributed by atoms with Crippen molar-refractivity contribution in [3.8, 4) is 0 Å². The standard InChI is InChI=1S/C19H16FN3O6/c20-13-1-3-14(4-2-13)21-17(24)11-29-19(26)12-9-18(25)22(10-12)15-5-7-16(8-6-15)23(27)28/h1-8,12H,9-11H2,(H,21,24)/t12-/m0/s1. The summed E-state index contributed by atoms with van der Waals surface area (Å²) in [4.78, 5) is 47.7. The van der Waals surface area contributed by atoms with Crippen LogP contribution in [0.3, 0.4) is 0 Å². The van der Waals surface area contributed by atoms with Crippen LogP contribution in [0.15, 0.2) is 48.5 Å². The Hall–Kier alpha value is -3.82. The number of ether oxygens (including phenoxy) is 1. The minimum Gasteiger partial charge on any atom is -0.455 e. The molecule has 0 bridgehead atoms. The number of nitro groups is 1. The van der Waals surface area contributed by atoms with Crippen LogP contribution < -0.4 is 10.2 Å². The van der Waals surface area contributed by atoms with Gasteiger partial charge in [-0.3, -0.25) is 24.5 Å². The summed E-state index contributed by atoms with van der Waals surface area (Å²) in [5.41, 5.74) is 0.682. The van der Waals surface area contributed by atoms with Crippen molar-refractivity contribution in [3.05, 3.63) is 64.5 Å². The lowest BCUT2D eigenvalue weighted by Crippen LogP contribution is -2.28. The minimum atomic E-state index is -0.753. The molecule has 0 aliphatic carbocycles. The van der Waals surface area contributed by atoms with Gasteiger partial charge in [0.25, 0.3) is 11.6 Å². The molecular formula is C19H16FN3O6. The van der Waals surface area contributed by atoms with Gasteiger partial charge in [-0.1, -0.05) is 0 Å². The summed E-state index contributed by atoms with van der Waals surface area (Å²) in [6, 6.07) is 10.5. The third-order valence-electron chi connectivity index (χ3n) is 4.30. The Morgan fingerprint density at radius 2 is 1.83 bits per heavy atom. The van der Waals surface area contributed by atoms with Gasteiger partial charge in [-0.25, -0.2) is 4.39 Å². The molecule has 0 unspecified atom stereocenters. The summed E-state index contributed by atoms with van der Waals surface area (Å²) in [6.07, 6.45) is -0.0879. The Bertz CT molecular complexity index is 945. The lowest BCUT2D eigenvalue weighted by molar-refractivity contribution is -0.384. The summed E-state index contributed by atoms with van der Waals surface area (Å²) in [5, 5.41) is 13.2. The predicted octanol–water partition coefficient (Wildman–Crippen LogP) is 2.27. The molecule has 1 aliphatic heterocycles. The predicted molar refractivity (Wildman–Crippen MR) is 99.5 cm³/mol. The molecule has 0 radical (unpaired) electrons. The molecule has 3 rings (SSSR count). The maximum Gasteiger partial charge on any atom is 0.311 e. The zero-order valence-corrected chi connectivity index (χ0v) is 15.0. The fourth-order valence-electron chi connectivity index (χ4n) is 2.85. The molecule has 29 heavy (non-hydrogen) atoms. The number of non-ortho nitro benzene ring substituents is 1. The fraction of sp³-hybridized carbons (Fsp3) is 0.211. The average Bonchev–Trinajstić information content (AvgIpc) is 3.09. The van der Waals surface area contributed by atoms with E-state index in [1.165, 1.54) is 53.4 Å². The van der Waals surface area contributed by atoms with E-state index >= 15 is 0 Å². The van der Waals surface area contributed by atoms with E-state index in [4.69, 9.17) is 4.74 Å². The number of nitrogens with one attached hydrogen (secondary N) is 1. The molecule has 1 heterocycles. The second kappa shape index (κ2) is 8.46. The largest absolute Gasteiger partial charge is 0.455 e. The van der Waals surface area contributed by atoms with Crippen LogP contribution >= 0.6 is 0 Å². The van der Waals surface area contributed by atoms with Crippen molar-refractivity contribution < 1.29 is 28.4 Å². The average molecular weight is 401 g/mol. The quantitative estimate of drug-likeness (QED) is 0.451. The van der Waals surface area contributed by atoms with Gasteiger partial charge < -0.3 is 15.0 Å². The molecular weight excluding hydrogens is 385 g/mol. The van der Waals surface area contributed by atoms with Crippen LogP contribution in [0.1, 0.15) is 6.42 Å². The molecule has 1 N–H and O–H groups in total. The Balaban J connectivity index is 1.52. The Labute approximate surface area is 164 Å². The molecule has 0 spiro atoms. The summed E-state index contributed by atoms with van der Waals surface area (Å²) in [7, 11) is 0. The van der Waals surface area contributed by atoms with Crippen molar-refractivity contribution in [1.29, 1.82) is 0 Å². The Kier molecular flexibility index (Phi) is 5.82. The van der Waals surface area contributed by atoms with Crippen LogP contribution in [0, 0.1) is 21.8 Å². The first kappa shape index (κ1) is 19.9. The summed E-state index contributed by atoms with van der Waals surface area (Å²) < 4.78 is 17.8. The van der Waals surface area contributed by atoms with Gasteiger partial charge in [-0.2, -0.15) is 0 Å². The lowest BCUT2D eigenvalue weighted by Gasteiger charge is -2.16. The van der Waals surface area contributed by atoms with Crippen molar-refractivity contribution in [2.75, 3.05) is 23.4 Å². The first-order valence-corrected chi connectivity index (χ1v) is 8.60. The number of rotatable bonds is 6. The van der Waals surface area contributed by atoms with Gasteiger partial charge >= 0.3 is 5.97 Å². The van der Waals surface area contributed by atoms with Crippen molar-refractivity contribution in [2.24, 2.45) is 5.92 Å². The van der Waals surface area contributed by atoms with Crippen LogP contribution in [-0.4, -0.2) is 35.9 Å². The molecule has 1 fully saturated rings. The van der Waals surface area contributed by atoms with Gasteiger partial charge in [0.05, 0.1) is 10.8 Å². The van der Waals surface area contributed by atoms with E-state index in [-0.39, 0.29) is 24.6 Å². The molecule has 9 nitrogen and oxygen atoms in total. The van der Waals surface area contributed by atoms with Crippen LogP contribution in [0.2, 0.25) is 0 Å².